The molecule has 104 valence electrons. The Morgan fingerprint density at radius 1 is 1.58 bits per heavy atom. The molecule has 0 aliphatic carbocycles. The van der Waals surface area contributed by atoms with Crippen molar-refractivity contribution in [1.82, 2.24) is 10.2 Å². The molecule has 1 atom stereocenters. The zero-order valence-corrected chi connectivity index (χ0v) is 12.6. The first-order chi connectivity index (χ1) is 9.16. The topological polar surface area (TPSA) is 32.3 Å². The predicted molar refractivity (Wildman–Crippen MR) is 81.7 cm³/mol. The monoisotopic (exact) mass is 298 g/mol. The molecule has 1 saturated heterocycles. The molecule has 3 nitrogen and oxygen atoms in total. The van der Waals surface area contributed by atoms with Crippen LogP contribution < -0.4 is 5.32 Å². The fourth-order valence-electron chi connectivity index (χ4n) is 2.18. The van der Waals surface area contributed by atoms with Gasteiger partial charge in [0, 0.05) is 36.5 Å². The summed E-state index contributed by atoms with van der Waals surface area (Å²) in [6.45, 7) is 4.70. The lowest BCUT2D eigenvalue weighted by atomic mass is 10.2. The quantitative estimate of drug-likeness (QED) is 0.926. The molecule has 1 aliphatic heterocycles. The van der Waals surface area contributed by atoms with E-state index < -0.39 is 0 Å². The van der Waals surface area contributed by atoms with Gasteiger partial charge < -0.3 is 10.2 Å². The van der Waals surface area contributed by atoms with Gasteiger partial charge in [0.2, 0.25) is 5.91 Å². The van der Waals surface area contributed by atoms with Crippen LogP contribution in [0.2, 0.25) is 5.02 Å². The number of carbonyl (C=O) groups is 1. The first-order valence-electron chi connectivity index (χ1n) is 6.49. The smallest absolute Gasteiger partial charge is 0.232 e. The first kappa shape index (κ1) is 14.7. The van der Waals surface area contributed by atoms with Crippen LogP contribution in [0.5, 0.6) is 0 Å². The molecule has 1 N–H and O–H groups in total. The Morgan fingerprint density at radius 3 is 3.16 bits per heavy atom. The van der Waals surface area contributed by atoms with Gasteiger partial charge in [-0.3, -0.25) is 4.79 Å². The summed E-state index contributed by atoms with van der Waals surface area (Å²) >= 11 is 7.58. The minimum Gasteiger partial charge on any atom is -0.337 e. The maximum absolute atomic E-state index is 12.1. The van der Waals surface area contributed by atoms with E-state index in [1.54, 1.807) is 11.8 Å². The van der Waals surface area contributed by atoms with Crippen LogP contribution in [0.25, 0.3) is 0 Å². The third-order valence-corrected chi connectivity index (χ3v) is 4.43. The lowest BCUT2D eigenvalue weighted by molar-refractivity contribution is -0.131. The number of hydrogen-bond acceptors (Lipinski definition) is 3. The van der Waals surface area contributed by atoms with Crippen LogP contribution in [-0.2, 0) is 10.5 Å². The minimum absolute atomic E-state index is 0.237. The average Bonchev–Trinajstić information content (AvgIpc) is 2.39. The average molecular weight is 299 g/mol. The SMILES string of the molecule is CC1CNCCN1C(=O)CSCc1cccc(Cl)c1. The zero-order chi connectivity index (χ0) is 13.7. The van der Waals surface area contributed by atoms with Crippen molar-refractivity contribution >= 4 is 29.3 Å². The Morgan fingerprint density at radius 2 is 2.42 bits per heavy atom. The number of hydrogen-bond donors (Lipinski definition) is 1. The maximum Gasteiger partial charge on any atom is 0.232 e. The minimum atomic E-state index is 0.237. The van der Waals surface area contributed by atoms with E-state index in [-0.39, 0.29) is 5.91 Å². The second-order valence-corrected chi connectivity index (χ2v) is 6.19. The number of benzene rings is 1. The van der Waals surface area contributed by atoms with E-state index in [4.69, 9.17) is 11.6 Å². The molecule has 0 saturated carbocycles. The molecule has 1 aromatic rings. The van der Waals surface area contributed by atoms with E-state index in [2.05, 4.69) is 12.2 Å². The Kier molecular flexibility index (Phi) is 5.55. The van der Waals surface area contributed by atoms with Gasteiger partial charge in [0.15, 0.2) is 0 Å². The number of amides is 1. The number of halogens is 1. The molecule has 19 heavy (non-hydrogen) atoms. The second kappa shape index (κ2) is 7.17. The van der Waals surface area contributed by atoms with Gasteiger partial charge in [-0.25, -0.2) is 0 Å². The van der Waals surface area contributed by atoms with E-state index in [1.165, 1.54) is 5.56 Å². The van der Waals surface area contributed by atoms with Crippen LogP contribution in [0.3, 0.4) is 0 Å². The summed E-state index contributed by atoms with van der Waals surface area (Å²) in [5.41, 5.74) is 1.17. The van der Waals surface area contributed by atoms with Crippen molar-refractivity contribution in [3.63, 3.8) is 0 Å². The molecular formula is C14H19ClN2OS. The zero-order valence-electron chi connectivity index (χ0n) is 11.1. The Balaban J connectivity index is 1.77. The van der Waals surface area contributed by atoms with Gasteiger partial charge in [0.1, 0.15) is 0 Å². The van der Waals surface area contributed by atoms with E-state index >= 15 is 0 Å². The van der Waals surface area contributed by atoms with Gasteiger partial charge in [-0.1, -0.05) is 23.7 Å². The van der Waals surface area contributed by atoms with E-state index in [0.29, 0.717) is 11.8 Å². The molecule has 0 spiro atoms. The van der Waals surface area contributed by atoms with Gasteiger partial charge in [0.25, 0.3) is 0 Å². The van der Waals surface area contributed by atoms with Gasteiger partial charge in [-0.15, -0.1) is 11.8 Å². The molecule has 1 amide bonds. The normalized spacial score (nSPS) is 19.5. The number of nitrogens with one attached hydrogen (secondary N) is 1. The van der Waals surface area contributed by atoms with Crippen LogP contribution in [0.4, 0.5) is 0 Å². The number of nitrogens with zero attached hydrogens (tertiary/aromatic N) is 1. The molecule has 0 bridgehead atoms. The van der Waals surface area contributed by atoms with Crippen molar-refractivity contribution in [3.8, 4) is 0 Å². The fraction of sp³-hybridized carbons (Fsp3) is 0.500. The van der Waals surface area contributed by atoms with Crippen LogP contribution in [0, 0.1) is 0 Å². The summed E-state index contributed by atoms with van der Waals surface area (Å²) in [6, 6.07) is 8.10. The molecule has 1 fully saturated rings. The third kappa shape index (κ3) is 4.41. The first-order valence-corrected chi connectivity index (χ1v) is 8.02. The largest absolute Gasteiger partial charge is 0.337 e. The van der Waals surface area contributed by atoms with Crippen molar-refractivity contribution in [3.05, 3.63) is 34.9 Å². The summed E-state index contributed by atoms with van der Waals surface area (Å²) in [7, 11) is 0. The Labute approximate surface area is 123 Å². The summed E-state index contributed by atoms with van der Waals surface area (Å²) in [6.07, 6.45) is 0. The van der Waals surface area contributed by atoms with Gasteiger partial charge in [0.05, 0.1) is 5.75 Å². The van der Waals surface area contributed by atoms with E-state index in [1.807, 2.05) is 29.2 Å². The fourth-order valence-corrected chi connectivity index (χ4v) is 3.25. The summed E-state index contributed by atoms with van der Waals surface area (Å²) in [4.78, 5) is 14.1. The highest BCUT2D eigenvalue weighted by Crippen LogP contribution is 2.17. The van der Waals surface area contributed by atoms with E-state index in [9.17, 15) is 4.79 Å². The molecule has 5 heteroatoms. The van der Waals surface area contributed by atoms with Crippen LogP contribution in [0.1, 0.15) is 12.5 Å². The maximum atomic E-state index is 12.1. The third-order valence-electron chi connectivity index (χ3n) is 3.20. The second-order valence-electron chi connectivity index (χ2n) is 4.76. The van der Waals surface area contributed by atoms with Crippen LogP contribution >= 0.6 is 23.4 Å². The molecule has 0 radical (unpaired) electrons. The van der Waals surface area contributed by atoms with Crippen molar-refractivity contribution in [2.75, 3.05) is 25.4 Å². The summed E-state index contributed by atoms with van der Waals surface area (Å²) in [5, 5.41) is 4.04. The molecule has 0 aromatic heterocycles. The van der Waals surface area contributed by atoms with Crippen molar-refractivity contribution in [1.29, 1.82) is 0 Å². The van der Waals surface area contributed by atoms with Gasteiger partial charge in [-0.2, -0.15) is 0 Å². The molecule has 1 unspecified atom stereocenters. The summed E-state index contributed by atoms with van der Waals surface area (Å²) < 4.78 is 0. The number of rotatable bonds is 4. The molecule has 2 rings (SSSR count). The van der Waals surface area contributed by atoms with Crippen molar-refractivity contribution in [2.24, 2.45) is 0 Å². The molecule has 1 aliphatic rings. The van der Waals surface area contributed by atoms with Crippen LogP contribution in [-0.4, -0.2) is 42.2 Å². The molecule has 1 heterocycles. The lowest BCUT2D eigenvalue weighted by Crippen LogP contribution is -2.52. The van der Waals surface area contributed by atoms with Gasteiger partial charge in [-0.05, 0) is 24.6 Å². The van der Waals surface area contributed by atoms with E-state index in [0.717, 1.165) is 30.4 Å². The Bertz CT molecular complexity index is 441. The number of piperazine rings is 1. The van der Waals surface area contributed by atoms with Gasteiger partial charge >= 0.3 is 0 Å². The van der Waals surface area contributed by atoms with Crippen molar-refractivity contribution in [2.45, 2.75) is 18.7 Å². The predicted octanol–water partition coefficient (Wildman–Crippen LogP) is 2.39. The number of thioether (sulfide) groups is 1. The van der Waals surface area contributed by atoms with Crippen molar-refractivity contribution < 1.29 is 4.79 Å². The lowest BCUT2D eigenvalue weighted by Gasteiger charge is -2.34. The highest BCUT2D eigenvalue weighted by Gasteiger charge is 2.22. The number of carbonyl (C=O) groups excluding carboxylic acids is 1. The van der Waals surface area contributed by atoms with Crippen LogP contribution in [0.15, 0.2) is 24.3 Å². The standard InChI is InChI=1S/C14H19ClN2OS/c1-11-8-16-5-6-17(11)14(18)10-19-9-12-3-2-4-13(15)7-12/h2-4,7,11,16H,5-6,8-10H2,1H3. The Hall–Kier alpha value is -0.710. The molecule has 1 aromatic carbocycles. The highest BCUT2D eigenvalue weighted by atomic mass is 35.5. The highest BCUT2D eigenvalue weighted by molar-refractivity contribution is 7.99. The molecular weight excluding hydrogens is 280 g/mol. The summed E-state index contributed by atoms with van der Waals surface area (Å²) in [5.74, 6) is 1.60.